The number of alkyl halides is 3. The first kappa shape index (κ1) is 32.2. The van der Waals surface area contributed by atoms with Crippen molar-refractivity contribution in [1.29, 1.82) is 0 Å². The molecular formula is C35H27ClF3N3O5S2. The van der Waals surface area contributed by atoms with E-state index in [-0.39, 0.29) is 40.4 Å². The highest BCUT2D eigenvalue weighted by molar-refractivity contribution is 8.00. The van der Waals surface area contributed by atoms with Crippen molar-refractivity contribution in [2.24, 2.45) is 29.6 Å². The van der Waals surface area contributed by atoms with Gasteiger partial charge in [0.1, 0.15) is 5.75 Å². The standard InChI is InChI=1S/C35H27ClF3N3O5S2/c1-15-6-2-4-8-21(15)40-24(43)14-47-23-11-10-16(36)12-17(23)25-26-18-13-19(29(26)48-31-30(25)49-34(46)41-31)28-27(18)32(44)42(33(28)45)22-9-5-3-7-20(22)35(37,38)39/h2-12,18-19,25-29H,13-14H2,1H3,(H,40,43)(H,41,46)/t18?,19?,25-,26?,27?,28?,29?/m1/s1. The quantitative estimate of drug-likeness (QED) is 0.205. The van der Waals surface area contributed by atoms with Crippen molar-refractivity contribution in [3.8, 4) is 5.75 Å². The van der Waals surface area contributed by atoms with Crippen LogP contribution in [0.4, 0.5) is 24.5 Å². The third-order valence-corrected chi connectivity index (χ3v) is 13.1. The van der Waals surface area contributed by atoms with Crippen LogP contribution in [-0.2, 0) is 20.6 Å². The van der Waals surface area contributed by atoms with Gasteiger partial charge in [-0.1, -0.05) is 53.3 Å². The first-order valence-electron chi connectivity index (χ1n) is 15.6. The summed E-state index contributed by atoms with van der Waals surface area (Å²) < 4.78 is 48.2. The minimum Gasteiger partial charge on any atom is -0.483 e. The molecule has 4 aliphatic rings. The monoisotopic (exact) mass is 725 g/mol. The number of amides is 3. The van der Waals surface area contributed by atoms with E-state index in [0.717, 1.165) is 32.7 Å². The number of fused-ring (bicyclic) bond motifs is 9. The zero-order valence-corrected chi connectivity index (χ0v) is 28.0. The Morgan fingerprint density at radius 3 is 2.49 bits per heavy atom. The van der Waals surface area contributed by atoms with Crippen LogP contribution in [0, 0.1) is 36.5 Å². The third-order valence-electron chi connectivity index (χ3n) is 10.3. The second-order valence-electron chi connectivity index (χ2n) is 12.8. The minimum absolute atomic E-state index is 0.222. The lowest BCUT2D eigenvalue weighted by Crippen LogP contribution is -2.42. The Hall–Kier alpha value is -4.07. The molecule has 252 valence electrons. The van der Waals surface area contributed by atoms with Crippen LogP contribution in [0.5, 0.6) is 5.75 Å². The zero-order chi connectivity index (χ0) is 34.4. The summed E-state index contributed by atoms with van der Waals surface area (Å²) in [5.41, 5.74) is 0.673. The molecule has 2 N–H and O–H groups in total. The number of anilines is 2. The molecule has 14 heteroatoms. The fourth-order valence-corrected chi connectivity index (χ4v) is 11.5. The summed E-state index contributed by atoms with van der Waals surface area (Å²) in [4.78, 5) is 57.9. The topological polar surface area (TPSA) is 109 Å². The molecule has 1 aromatic heterocycles. The van der Waals surface area contributed by atoms with Gasteiger partial charge in [0.15, 0.2) is 6.61 Å². The molecule has 4 aromatic rings. The van der Waals surface area contributed by atoms with Crippen molar-refractivity contribution in [3.05, 3.63) is 103 Å². The second kappa shape index (κ2) is 11.8. The van der Waals surface area contributed by atoms with Gasteiger partial charge in [0.2, 0.25) is 11.8 Å². The second-order valence-corrected chi connectivity index (χ2v) is 15.5. The molecule has 0 spiro atoms. The fourth-order valence-electron chi connectivity index (χ4n) is 8.45. The number of ether oxygens (including phenoxy) is 1. The highest BCUT2D eigenvalue weighted by atomic mass is 35.5. The van der Waals surface area contributed by atoms with Crippen LogP contribution in [-0.4, -0.2) is 34.6 Å². The number of hydrogen-bond donors (Lipinski definition) is 2. The lowest BCUT2D eigenvalue weighted by atomic mass is 9.68. The Labute approximate surface area is 291 Å². The van der Waals surface area contributed by atoms with E-state index < -0.39 is 47.0 Å². The molecule has 2 bridgehead atoms. The van der Waals surface area contributed by atoms with Crippen LogP contribution in [0.2, 0.25) is 5.02 Å². The van der Waals surface area contributed by atoms with E-state index in [0.29, 0.717) is 33.5 Å². The number of imide groups is 1. The van der Waals surface area contributed by atoms with Gasteiger partial charge < -0.3 is 15.0 Å². The molecular weight excluding hydrogens is 699 g/mol. The van der Waals surface area contributed by atoms with E-state index in [1.807, 2.05) is 25.1 Å². The number of rotatable bonds is 6. The predicted octanol–water partition coefficient (Wildman–Crippen LogP) is 7.11. The van der Waals surface area contributed by atoms with Gasteiger partial charge in [0.05, 0.1) is 28.1 Å². The molecule has 2 aliphatic carbocycles. The number of aryl methyl sites for hydroxylation is 1. The summed E-state index contributed by atoms with van der Waals surface area (Å²) in [7, 11) is 0. The molecule has 3 aromatic carbocycles. The van der Waals surface area contributed by atoms with Crippen LogP contribution in [0.25, 0.3) is 0 Å². The maximum Gasteiger partial charge on any atom is 0.418 e. The number of carbonyl (C=O) groups excluding carboxylic acids is 3. The van der Waals surface area contributed by atoms with Gasteiger partial charge in [-0.15, -0.1) is 11.8 Å². The van der Waals surface area contributed by atoms with Crippen molar-refractivity contribution < 1.29 is 32.3 Å². The van der Waals surface area contributed by atoms with Gasteiger partial charge in [0.25, 0.3) is 5.91 Å². The Balaban J connectivity index is 1.15. The summed E-state index contributed by atoms with van der Waals surface area (Å²) in [5.74, 6) is -4.29. The van der Waals surface area contributed by atoms with E-state index in [1.165, 1.54) is 30.0 Å². The molecule has 2 saturated carbocycles. The molecule has 6 unspecified atom stereocenters. The number of halogens is 4. The van der Waals surface area contributed by atoms with Crippen molar-refractivity contribution in [2.45, 2.75) is 35.7 Å². The molecule has 3 heterocycles. The third kappa shape index (κ3) is 5.20. The number of benzene rings is 3. The molecule has 0 radical (unpaired) electrons. The lowest BCUT2D eigenvalue weighted by molar-refractivity contribution is -0.137. The van der Waals surface area contributed by atoms with E-state index >= 15 is 0 Å². The number of hydrogen-bond acceptors (Lipinski definition) is 7. The van der Waals surface area contributed by atoms with Crippen LogP contribution >= 0.6 is 34.7 Å². The number of nitrogens with one attached hydrogen (secondary N) is 2. The molecule has 3 amide bonds. The van der Waals surface area contributed by atoms with E-state index in [4.69, 9.17) is 16.3 Å². The van der Waals surface area contributed by atoms with Crippen molar-refractivity contribution in [3.63, 3.8) is 0 Å². The Morgan fingerprint density at radius 1 is 1.02 bits per heavy atom. The van der Waals surface area contributed by atoms with E-state index in [2.05, 4.69) is 10.3 Å². The number of aromatic nitrogens is 1. The maximum absolute atomic E-state index is 14.1. The molecule has 3 fully saturated rings. The normalized spacial score (nSPS) is 26.8. The Bertz CT molecular complexity index is 2100. The molecule has 8 rings (SSSR count). The number of aromatic amines is 1. The summed E-state index contributed by atoms with van der Waals surface area (Å²) in [6, 6.07) is 17.0. The van der Waals surface area contributed by atoms with Crippen molar-refractivity contribution >= 4 is 63.8 Å². The molecule has 2 aliphatic heterocycles. The minimum atomic E-state index is -4.76. The number of nitrogens with zero attached hydrogens (tertiary/aromatic N) is 1. The highest BCUT2D eigenvalue weighted by Gasteiger charge is 2.70. The Morgan fingerprint density at radius 2 is 1.73 bits per heavy atom. The Kier molecular flexibility index (Phi) is 7.72. The number of carbonyl (C=O) groups is 3. The van der Waals surface area contributed by atoms with E-state index in [9.17, 15) is 32.3 Å². The van der Waals surface area contributed by atoms with Crippen LogP contribution < -0.4 is 19.8 Å². The van der Waals surface area contributed by atoms with Crippen molar-refractivity contribution in [2.75, 3.05) is 16.8 Å². The highest BCUT2D eigenvalue weighted by Crippen LogP contribution is 2.69. The smallest absolute Gasteiger partial charge is 0.418 e. The van der Waals surface area contributed by atoms with E-state index in [1.54, 1.807) is 24.3 Å². The average Bonchev–Trinajstić information content (AvgIpc) is 3.80. The average molecular weight is 726 g/mol. The van der Waals surface area contributed by atoms with Gasteiger partial charge >= 0.3 is 11.0 Å². The van der Waals surface area contributed by atoms with Gasteiger partial charge in [-0.25, -0.2) is 4.90 Å². The van der Waals surface area contributed by atoms with Gasteiger partial charge in [0, 0.05) is 32.3 Å². The first-order chi connectivity index (χ1) is 23.4. The van der Waals surface area contributed by atoms with Crippen LogP contribution in [0.1, 0.15) is 33.9 Å². The summed E-state index contributed by atoms with van der Waals surface area (Å²) >= 11 is 9.04. The first-order valence-corrected chi connectivity index (χ1v) is 17.7. The number of H-pyrrole nitrogens is 1. The van der Waals surface area contributed by atoms with Gasteiger partial charge in [-0.2, -0.15) is 13.2 Å². The molecule has 1 saturated heterocycles. The van der Waals surface area contributed by atoms with Gasteiger partial charge in [-0.3, -0.25) is 19.2 Å². The lowest BCUT2D eigenvalue weighted by Gasteiger charge is -2.43. The molecule has 7 atom stereocenters. The number of thioether (sulfide) groups is 1. The fraction of sp³-hybridized carbons (Fsp3) is 0.314. The predicted molar refractivity (Wildman–Crippen MR) is 179 cm³/mol. The summed E-state index contributed by atoms with van der Waals surface area (Å²) in [6.07, 6.45) is -4.22. The largest absolute Gasteiger partial charge is 0.483 e. The number of thiazole rings is 1. The molecule has 49 heavy (non-hydrogen) atoms. The van der Waals surface area contributed by atoms with Gasteiger partial charge in [-0.05, 0) is 73.1 Å². The summed E-state index contributed by atoms with van der Waals surface area (Å²) in [5, 5.41) is 3.67. The maximum atomic E-state index is 14.1. The van der Waals surface area contributed by atoms with Crippen molar-refractivity contribution in [1.82, 2.24) is 4.98 Å². The molecule has 8 nitrogen and oxygen atoms in total. The zero-order valence-electron chi connectivity index (χ0n) is 25.6. The SMILES string of the molecule is Cc1ccccc1NC(=O)COc1ccc(Cl)cc1[C@H]1c2sc(=O)[nH]c2SC2C3CC(C4C(=O)N(c5ccccc5C(F)(F)F)C(=O)C34)C21. The summed E-state index contributed by atoms with van der Waals surface area (Å²) in [6.45, 7) is 1.56. The van der Waals surface area contributed by atoms with Crippen LogP contribution in [0.3, 0.4) is 0 Å². The number of para-hydroxylation sites is 2. The van der Waals surface area contributed by atoms with Crippen LogP contribution in [0.15, 0.2) is 76.6 Å².